The highest BCUT2D eigenvalue weighted by Gasteiger charge is 2.24. The Kier molecular flexibility index (Phi) is 6.86. The van der Waals surface area contributed by atoms with Crippen molar-refractivity contribution in [3.63, 3.8) is 0 Å². The zero-order chi connectivity index (χ0) is 17.5. The molecular weight excluding hydrogens is 310 g/mol. The lowest BCUT2D eigenvalue weighted by atomic mass is 9.85. The molecule has 3 rings (SSSR count). The molecule has 1 aromatic carbocycles. The van der Waals surface area contributed by atoms with Gasteiger partial charge in [-0.05, 0) is 62.4 Å². The van der Waals surface area contributed by atoms with Crippen molar-refractivity contribution in [1.82, 2.24) is 10.2 Å². The third kappa shape index (κ3) is 5.54. The predicted octanol–water partition coefficient (Wildman–Crippen LogP) is 3.05. The fraction of sp³-hybridized carbons (Fsp3) is 0.667. The maximum atomic E-state index is 10.4. The van der Waals surface area contributed by atoms with Crippen LogP contribution in [0, 0.1) is 17.2 Å². The molecule has 1 aliphatic heterocycles. The van der Waals surface area contributed by atoms with E-state index in [4.69, 9.17) is 5.26 Å². The van der Waals surface area contributed by atoms with E-state index in [9.17, 15) is 5.11 Å². The number of hydrogen-bond acceptors (Lipinski definition) is 4. The molecular formula is C21H31N3O. The van der Waals surface area contributed by atoms with E-state index in [-0.39, 0.29) is 6.10 Å². The minimum absolute atomic E-state index is 0.169. The number of rotatable bonds is 6. The van der Waals surface area contributed by atoms with Gasteiger partial charge in [-0.15, -0.1) is 0 Å². The molecule has 1 saturated heterocycles. The number of aliphatic hydroxyl groups excluding tert-OH is 1. The molecule has 4 heteroatoms. The molecule has 2 fully saturated rings. The Hall–Kier alpha value is -1.41. The van der Waals surface area contributed by atoms with Gasteiger partial charge >= 0.3 is 0 Å². The van der Waals surface area contributed by atoms with Crippen LogP contribution in [0.1, 0.15) is 56.1 Å². The average molecular weight is 341 g/mol. The van der Waals surface area contributed by atoms with Crippen molar-refractivity contribution in [2.24, 2.45) is 5.92 Å². The Morgan fingerprint density at radius 3 is 2.40 bits per heavy atom. The molecule has 2 N–H and O–H groups in total. The van der Waals surface area contributed by atoms with Crippen LogP contribution in [0.3, 0.4) is 0 Å². The zero-order valence-electron chi connectivity index (χ0n) is 15.2. The van der Waals surface area contributed by atoms with E-state index in [0.717, 1.165) is 44.6 Å². The van der Waals surface area contributed by atoms with Gasteiger partial charge in [0.1, 0.15) is 0 Å². The number of piperidine rings is 1. The lowest BCUT2D eigenvalue weighted by molar-refractivity contribution is 0.0771. The number of benzene rings is 1. The number of nitrogens with zero attached hydrogens (tertiary/aromatic N) is 2. The van der Waals surface area contributed by atoms with Gasteiger partial charge in [0.2, 0.25) is 0 Å². The zero-order valence-corrected chi connectivity index (χ0v) is 15.2. The van der Waals surface area contributed by atoms with Crippen molar-refractivity contribution in [2.75, 3.05) is 19.6 Å². The molecule has 1 saturated carbocycles. The smallest absolute Gasteiger partial charge is 0.0991 e. The minimum Gasteiger partial charge on any atom is -0.392 e. The number of hydrogen-bond donors (Lipinski definition) is 2. The first-order valence-corrected chi connectivity index (χ1v) is 9.87. The van der Waals surface area contributed by atoms with Crippen LogP contribution in [-0.2, 0) is 6.54 Å². The first-order chi connectivity index (χ1) is 12.2. The van der Waals surface area contributed by atoms with Gasteiger partial charge in [-0.3, -0.25) is 4.90 Å². The van der Waals surface area contributed by atoms with E-state index in [1.165, 1.54) is 37.7 Å². The summed E-state index contributed by atoms with van der Waals surface area (Å²) in [6.07, 6.45) is 8.44. The van der Waals surface area contributed by atoms with Crippen LogP contribution in [0.5, 0.6) is 0 Å². The summed E-state index contributed by atoms with van der Waals surface area (Å²) in [6.45, 7) is 3.91. The highest BCUT2D eigenvalue weighted by molar-refractivity contribution is 5.31. The largest absolute Gasteiger partial charge is 0.392 e. The molecule has 0 radical (unpaired) electrons. The fourth-order valence-corrected chi connectivity index (χ4v) is 4.21. The Bertz CT molecular complexity index is 551. The van der Waals surface area contributed by atoms with Crippen molar-refractivity contribution >= 4 is 0 Å². The number of nitrogens with one attached hydrogen (secondary N) is 1. The quantitative estimate of drug-likeness (QED) is 0.835. The van der Waals surface area contributed by atoms with E-state index < -0.39 is 0 Å². The minimum atomic E-state index is -0.169. The summed E-state index contributed by atoms with van der Waals surface area (Å²) >= 11 is 0. The second-order valence-corrected chi connectivity index (χ2v) is 7.73. The third-order valence-corrected chi connectivity index (χ3v) is 5.89. The Labute approximate surface area is 151 Å². The molecule has 0 bridgehead atoms. The normalized spacial score (nSPS) is 21.8. The maximum Gasteiger partial charge on any atom is 0.0991 e. The average Bonchev–Trinajstić information content (AvgIpc) is 2.68. The first kappa shape index (κ1) is 18.4. The Balaban J connectivity index is 1.36. The summed E-state index contributed by atoms with van der Waals surface area (Å²) in [5.74, 6) is 0.512. The van der Waals surface area contributed by atoms with Crippen LogP contribution < -0.4 is 5.32 Å². The fourth-order valence-electron chi connectivity index (χ4n) is 4.21. The van der Waals surface area contributed by atoms with Crippen molar-refractivity contribution in [3.05, 3.63) is 35.4 Å². The van der Waals surface area contributed by atoms with Crippen LogP contribution >= 0.6 is 0 Å². The van der Waals surface area contributed by atoms with Crippen molar-refractivity contribution in [3.8, 4) is 6.07 Å². The second kappa shape index (κ2) is 9.33. The molecule has 1 atom stereocenters. The standard InChI is InChI=1S/C21H31N3O/c22-14-17-6-8-18(9-7-17)16-24-12-10-20(11-13-24)23-15-21(25)19-4-2-1-3-5-19/h6-9,19-21,23,25H,1-5,10-13,15-16H2/t21-/m1/s1. The van der Waals surface area contributed by atoms with E-state index in [1.807, 2.05) is 12.1 Å². The van der Waals surface area contributed by atoms with Crippen LogP contribution in [0.15, 0.2) is 24.3 Å². The van der Waals surface area contributed by atoms with Crippen LogP contribution in [0.4, 0.5) is 0 Å². The topological polar surface area (TPSA) is 59.3 Å². The van der Waals surface area contributed by atoms with Gasteiger partial charge in [0.15, 0.2) is 0 Å². The van der Waals surface area contributed by atoms with E-state index in [1.54, 1.807) is 0 Å². The number of aliphatic hydroxyl groups is 1. The number of likely N-dealkylation sites (tertiary alicyclic amines) is 1. The van der Waals surface area contributed by atoms with Gasteiger partial charge in [0.05, 0.1) is 17.7 Å². The summed E-state index contributed by atoms with van der Waals surface area (Å²) in [4.78, 5) is 2.48. The SMILES string of the molecule is N#Cc1ccc(CN2CCC(NC[C@@H](O)C3CCCCC3)CC2)cc1. The van der Waals surface area contributed by atoms with Gasteiger partial charge in [0, 0.05) is 19.1 Å². The molecule has 1 aromatic rings. The molecule has 1 aliphatic carbocycles. The van der Waals surface area contributed by atoms with Gasteiger partial charge in [-0.1, -0.05) is 31.4 Å². The van der Waals surface area contributed by atoms with Crippen molar-refractivity contribution in [1.29, 1.82) is 5.26 Å². The Morgan fingerprint density at radius 2 is 1.76 bits per heavy atom. The summed E-state index contributed by atoms with van der Waals surface area (Å²) in [5, 5.41) is 22.9. The van der Waals surface area contributed by atoms with Crippen molar-refractivity contribution < 1.29 is 5.11 Å². The molecule has 25 heavy (non-hydrogen) atoms. The lowest BCUT2D eigenvalue weighted by Gasteiger charge is -2.34. The first-order valence-electron chi connectivity index (χ1n) is 9.87. The molecule has 136 valence electrons. The molecule has 1 heterocycles. The van der Waals surface area contributed by atoms with Gasteiger partial charge in [-0.2, -0.15) is 5.26 Å². The van der Waals surface area contributed by atoms with E-state index in [2.05, 4.69) is 28.4 Å². The molecule has 0 amide bonds. The van der Waals surface area contributed by atoms with E-state index in [0.29, 0.717) is 12.0 Å². The van der Waals surface area contributed by atoms with Gasteiger partial charge < -0.3 is 10.4 Å². The monoisotopic (exact) mass is 341 g/mol. The number of nitriles is 1. The van der Waals surface area contributed by atoms with Gasteiger partial charge in [0.25, 0.3) is 0 Å². The van der Waals surface area contributed by atoms with Gasteiger partial charge in [-0.25, -0.2) is 0 Å². The van der Waals surface area contributed by atoms with Crippen LogP contribution in [0.2, 0.25) is 0 Å². The van der Waals surface area contributed by atoms with Crippen LogP contribution in [-0.4, -0.2) is 41.8 Å². The molecule has 0 aromatic heterocycles. The summed E-state index contributed by atoms with van der Waals surface area (Å²) < 4.78 is 0. The predicted molar refractivity (Wildman–Crippen MR) is 100 cm³/mol. The second-order valence-electron chi connectivity index (χ2n) is 7.73. The third-order valence-electron chi connectivity index (χ3n) is 5.89. The Morgan fingerprint density at radius 1 is 1.08 bits per heavy atom. The van der Waals surface area contributed by atoms with Crippen molar-refractivity contribution in [2.45, 2.75) is 63.6 Å². The maximum absolute atomic E-state index is 10.4. The van der Waals surface area contributed by atoms with E-state index >= 15 is 0 Å². The molecule has 0 spiro atoms. The summed E-state index contributed by atoms with van der Waals surface area (Å²) in [7, 11) is 0. The highest BCUT2D eigenvalue weighted by Crippen LogP contribution is 2.26. The summed E-state index contributed by atoms with van der Waals surface area (Å²) in [6, 6.07) is 10.6. The summed E-state index contributed by atoms with van der Waals surface area (Å²) in [5.41, 5.74) is 2.00. The lowest BCUT2D eigenvalue weighted by Crippen LogP contribution is -2.45. The highest BCUT2D eigenvalue weighted by atomic mass is 16.3. The van der Waals surface area contributed by atoms with Crippen LogP contribution in [0.25, 0.3) is 0 Å². The molecule has 0 unspecified atom stereocenters. The molecule has 4 nitrogen and oxygen atoms in total. The molecule has 2 aliphatic rings.